The molecule has 2 aliphatic heterocycles. The third kappa shape index (κ3) is 1.98. The van der Waals surface area contributed by atoms with E-state index in [2.05, 4.69) is 39.6 Å². The molecule has 1 aromatic carbocycles. The fraction of sp³-hybridized carbons (Fsp3) is 0.176. The van der Waals surface area contributed by atoms with Crippen LogP contribution in [0.1, 0.15) is 11.3 Å². The van der Waals surface area contributed by atoms with Gasteiger partial charge in [0.15, 0.2) is 5.84 Å². The van der Waals surface area contributed by atoms with E-state index in [-0.39, 0.29) is 0 Å². The molecule has 0 aliphatic carbocycles. The lowest BCUT2D eigenvalue weighted by molar-refractivity contribution is 0.390. The molecule has 3 aromatic rings. The van der Waals surface area contributed by atoms with Gasteiger partial charge >= 0.3 is 0 Å². The van der Waals surface area contributed by atoms with Gasteiger partial charge in [0.1, 0.15) is 15.4 Å². The molecule has 0 fully saturated rings. The van der Waals surface area contributed by atoms with Crippen LogP contribution in [0.4, 0.5) is 5.69 Å². The zero-order valence-electron chi connectivity index (χ0n) is 12.3. The van der Waals surface area contributed by atoms with Crippen molar-refractivity contribution in [3.05, 3.63) is 47.3 Å². The molecule has 0 bridgehead atoms. The van der Waals surface area contributed by atoms with Gasteiger partial charge < -0.3 is 0 Å². The molecule has 0 atom stereocenters. The van der Waals surface area contributed by atoms with Gasteiger partial charge in [0.05, 0.1) is 5.69 Å². The summed E-state index contributed by atoms with van der Waals surface area (Å²) in [6, 6.07) is 14.4. The Labute approximate surface area is 137 Å². The Kier molecular flexibility index (Phi) is 2.78. The van der Waals surface area contributed by atoms with Gasteiger partial charge in [-0.2, -0.15) is 0 Å². The third-order valence-electron chi connectivity index (χ3n) is 4.09. The van der Waals surface area contributed by atoms with Gasteiger partial charge in [0.2, 0.25) is 0 Å². The molecule has 0 spiro atoms. The van der Waals surface area contributed by atoms with E-state index in [0.717, 1.165) is 57.4 Å². The Morgan fingerprint density at radius 3 is 2.87 bits per heavy atom. The SMILES string of the molecule is c1ccc(-c2ccc3c4c(sc3n2)C2=NCCCN2N=N4)cc1. The van der Waals surface area contributed by atoms with Crippen LogP contribution in [0.3, 0.4) is 0 Å². The van der Waals surface area contributed by atoms with Crippen LogP contribution in [0, 0.1) is 0 Å². The third-order valence-corrected chi connectivity index (χ3v) is 5.17. The van der Waals surface area contributed by atoms with Crippen LogP contribution in [0.15, 0.2) is 57.8 Å². The van der Waals surface area contributed by atoms with Crippen LogP contribution in [0.5, 0.6) is 0 Å². The number of rotatable bonds is 1. The average molecular weight is 319 g/mol. The number of nitrogens with zero attached hydrogens (tertiary/aromatic N) is 5. The first-order valence-electron chi connectivity index (χ1n) is 7.63. The second-order valence-electron chi connectivity index (χ2n) is 5.57. The number of benzene rings is 1. The Hall–Kier alpha value is -2.60. The summed E-state index contributed by atoms with van der Waals surface area (Å²) in [6.07, 6.45) is 1.03. The topological polar surface area (TPSA) is 53.2 Å². The summed E-state index contributed by atoms with van der Waals surface area (Å²) >= 11 is 1.66. The average Bonchev–Trinajstić information content (AvgIpc) is 3.00. The zero-order chi connectivity index (χ0) is 15.2. The number of thiophene rings is 1. The molecular weight excluding hydrogens is 306 g/mol. The summed E-state index contributed by atoms with van der Waals surface area (Å²) in [6.45, 7) is 1.75. The van der Waals surface area contributed by atoms with E-state index >= 15 is 0 Å². The molecule has 23 heavy (non-hydrogen) atoms. The normalized spacial score (nSPS) is 16.2. The van der Waals surface area contributed by atoms with Crippen LogP contribution >= 0.6 is 11.3 Å². The molecule has 112 valence electrons. The molecule has 5 nitrogen and oxygen atoms in total. The molecule has 0 radical (unpaired) electrons. The molecule has 0 amide bonds. The van der Waals surface area contributed by atoms with Crippen molar-refractivity contribution in [2.45, 2.75) is 6.42 Å². The Balaban J connectivity index is 1.69. The maximum Gasteiger partial charge on any atom is 0.165 e. The van der Waals surface area contributed by atoms with Crippen LogP contribution < -0.4 is 0 Å². The van der Waals surface area contributed by atoms with E-state index in [1.54, 1.807) is 11.3 Å². The lowest BCUT2D eigenvalue weighted by Crippen LogP contribution is -2.32. The van der Waals surface area contributed by atoms with Crippen molar-refractivity contribution in [1.82, 2.24) is 9.99 Å². The number of fused-ring (bicyclic) bond motifs is 5. The lowest BCUT2D eigenvalue weighted by atomic mass is 10.1. The minimum Gasteiger partial charge on any atom is -0.266 e. The van der Waals surface area contributed by atoms with Crippen molar-refractivity contribution in [2.75, 3.05) is 13.1 Å². The minimum atomic E-state index is 0.859. The van der Waals surface area contributed by atoms with E-state index in [9.17, 15) is 0 Å². The molecule has 0 saturated carbocycles. The summed E-state index contributed by atoms with van der Waals surface area (Å²) in [5.41, 5.74) is 3.02. The van der Waals surface area contributed by atoms with Gasteiger partial charge in [-0.05, 0) is 18.6 Å². The largest absolute Gasteiger partial charge is 0.266 e. The van der Waals surface area contributed by atoms with Crippen LogP contribution in [-0.4, -0.2) is 28.9 Å². The monoisotopic (exact) mass is 319 g/mol. The number of pyridine rings is 1. The molecule has 0 N–H and O–H groups in total. The van der Waals surface area contributed by atoms with E-state index in [1.165, 1.54) is 0 Å². The molecular formula is C17H13N5S. The highest BCUT2D eigenvalue weighted by molar-refractivity contribution is 7.21. The molecule has 0 saturated heterocycles. The molecule has 0 unspecified atom stereocenters. The molecule has 6 heteroatoms. The Morgan fingerprint density at radius 2 is 1.96 bits per heavy atom. The van der Waals surface area contributed by atoms with Gasteiger partial charge in [0.25, 0.3) is 0 Å². The summed E-state index contributed by atoms with van der Waals surface area (Å²) in [4.78, 5) is 11.6. The summed E-state index contributed by atoms with van der Waals surface area (Å²) in [5.74, 6) is 0.950. The van der Waals surface area contributed by atoms with Gasteiger partial charge in [-0.1, -0.05) is 35.6 Å². The minimum absolute atomic E-state index is 0.859. The standard InChI is InChI=1S/C17H13N5S/c1-2-5-11(6-3-1)13-8-7-12-14-15(23-17(12)19-13)16-18-9-4-10-22(16)21-20-14/h1-3,5-8H,4,9-10H2. The predicted molar refractivity (Wildman–Crippen MR) is 92.3 cm³/mol. The van der Waals surface area contributed by atoms with Gasteiger partial charge in [-0.15, -0.1) is 16.5 Å². The molecule has 2 aliphatic rings. The van der Waals surface area contributed by atoms with E-state index in [4.69, 9.17) is 4.98 Å². The Bertz CT molecular complexity index is 958. The Morgan fingerprint density at radius 1 is 1.04 bits per heavy atom. The van der Waals surface area contributed by atoms with Gasteiger partial charge in [-0.25, -0.2) is 9.99 Å². The summed E-state index contributed by atoms with van der Waals surface area (Å²) in [7, 11) is 0. The molecule has 2 aromatic heterocycles. The highest BCUT2D eigenvalue weighted by atomic mass is 32.1. The first kappa shape index (κ1) is 12.9. The number of hydrogen-bond acceptors (Lipinski definition) is 6. The first-order valence-corrected chi connectivity index (χ1v) is 8.45. The lowest BCUT2D eigenvalue weighted by Gasteiger charge is -2.25. The second kappa shape index (κ2) is 4.96. The highest BCUT2D eigenvalue weighted by Gasteiger charge is 2.27. The maximum atomic E-state index is 4.83. The predicted octanol–water partition coefficient (Wildman–Crippen LogP) is 4.43. The number of hydrogen-bond donors (Lipinski definition) is 0. The van der Waals surface area contributed by atoms with Crippen molar-refractivity contribution < 1.29 is 0 Å². The summed E-state index contributed by atoms with van der Waals surface area (Å²) < 4.78 is 0. The fourth-order valence-corrected chi connectivity index (χ4v) is 4.07. The van der Waals surface area contributed by atoms with Crippen molar-refractivity contribution in [2.24, 2.45) is 15.3 Å². The van der Waals surface area contributed by atoms with Gasteiger partial charge in [-0.3, -0.25) is 4.99 Å². The molecule has 4 heterocycles. The number of amidine groups is 1. The zero-order valence-corrected chi connectivity index (χ0v) is 13.1. The van der Waals surface area contributed by atoms with Crippen LogP contribution in [-0.2, 0) is 0 Å². The van der Waals surface area contributed by atoms with Crippen LogP contribution in [0.25, 0.3) is 21.5 Å². The van der Waals surface area contributed by atoms with Crippen molar-refractivity contribution in [3.63, 3.8) is 0 Å². The highest BCUT2D eigenvalue weighted by Crippen LogP contribution is 2.41. The van der Waals surface area contributed by atoms with Crippen molar-refractivity contribution in [1.29, 1.82) is 0 Å². The van der Waals surface area contributed by atoms with Crippen LogP contribution in [0.2, 0.25) is 0 Å². The number of aromatic nitrogens is 1. The number of aliphatic imine (C=N–C) groups is 1. The summed E-state index contributed by atoms with van der Waals surface area (Å²) in [5, 5.41) is 11.7. The van der Waals surface area contributed by atoms with Gasteiger partial charge in [0, 0.05) is 24.0 Å². The van der Waals surface area contributed by atoms with E-state index in [0.29, 0.717) is 0 Å². The quantitative estimate of drug-likeness (QED) is 0.666. The van der Waals surface area contributed by atoms with Crippen molar-refractivity contribution >= 4 is 33.1 Å². The molecule has 5 rings (SSSR count). The van der Waals surface area contributed by atoms with E-state index < -0.39 is 0 Å². The van der Waals surface area contributed by atoms with Crippen molar-refractivity contribution in [3.8, 4) is 11.3 Å². The maximum absolute atomic E-state index is 4.83. The first-order chi connectivity index (χ1) is 11.4. The fourth-order valence-electron chi connectivity index (χ4n) is 2.95. The second-order valence-corrected chi connectivity index (χ2v) is 6.57. The smallest absolute Gasteiger partial charge is 0.165 e. The van der Waals surface area contributed by atoms with E-state index in [1.807, 2.05) is 23.2 Å².